The molecule has 2 heterocycles. The number of nitrogens with one attached hydrogen (secondary N) is 1. The Balaban J connectivity index is 1.33. The lowest BCUT2D eigenvalue weighted by Crippen LogP contribution is -2.29. The fraction of sp³-hybridized carbons (Fsp3) is 0.231. The first-order valence-electron chi connectivity index (χ1n) is 11.5. The van der Waals surface area contributed by atoms with Crippen LogP contribution in [-0.4, -0.2) is 48.0 Å². The SMILES string of the molecule is CCCCOC(=O)c1ccc(NC(=O)COC(=O)c2ccc3c(c2)C(=O)N(c2cc(C)on2)C3=O)cc1. The summed E-state index contributed by atoms with van der Waals surface area (Å²) in [7, 11) is 0. The summed E-state index contributed by atoms with van der Waals surface area (Å²) in [6.45, 7) is 3.37. The monoisotopic (exact) mass is 505 g/mol. The number of carbonyl (C=O) groups is 5. The Bertz CT molecular complexity index is 1380. The fourth-order valence-electron chi connectivity index (χ4n) is 3.53. The summed E-state index contributed by atoms with van der Waals surface area (Å²) < 4.78 is 15.1. The van der Waals surface area contributed by atoms with E-state index in [1.165, 1.54) is 48.5 Å². The molecular formula is C26H23N3O8. The maximum Gasteiger partial charge on any atom is 0.338 e. The first-order chi connectivity index (χ1) is 17.8. The van der Waals surface area contributed by atoms with E-state index in [4.69, 9.17) is 14.0 Å². The number of imide groups is 1. The van der Waals surface area contributed by atoms with E-state index in [2.05, 4.69) is 10.5 Å². The Morgan fingerprint density at radius 1 is 0.919 bits per heavy atom. The molecule has 11 nitrogen and oxygen atoms in total. The number of unbranched alkanes of at least 4 members (excludes halogenated alkanes) is 1. The first-order valence-corrected chi connectivity index (χ1v) is 11.5. The summed E-state index contributed by atoms with van der Waals surface area (Å²) in [6, 6.07) is 11.4. The molecule has 0 unspecified atom stereocenters. The molecule has 1 N–H and O–H groups in total. The van der Waals surface area contributed by atoms with Gasteiger partial charge in [0.25, 0.3) is 17.7 Å². The van der Waals surface area contributed by atoms with Crippen molar-refractivity contribution in [3.8, 4) is 0 Å². The Morgan fingerprint density at radius 2 is 1.59 bits per heavy atom. The van der Waals surface area contributed by atoms with E-state index in [1.807, 2.05) is 6.92 Å². The molecule has 0 fully saturated rings. The fourth-order valence-corrected chi connectivity index (χ4v) is 3.53. The van der Waals surface area contributed by atoms with Crippen LogP contribution in [0.5, 0.6) is 0 Å². The van der Waals surface area contributed by atoms with Gasteiger partial charge in [0.15, 0.2) is 12.4 Å². The van der Waals surface area contributed by atoms with Crippen molar-refractivity contribution in [1.29, 1.82) is 0 Å². The molecule has 11 heteroatoms. The molecule has 0 atom stereocenters. The summed E-state index contributed by atoms with van der Waals surface area (Å²) in [5.41, 5.74) is 0.866. The van der Waals surface area contributed by atoms with Gasteiger partial charge in [0.1, 0.15) is 5.76 Å². The van der Waals surface area contributed by atoms with E-state index in [0.717, 1.165) is 17.7 Å². The molecule has 1 aromatic heterocycles. The zero-order chi connectivity index (χ0) is 26.5. The van der Waals surface area contributed by atoms with Crippen molar-refractivity contribution in [2.24, 2.45) is 0 Å². The largest absolute Gasteiger partial charge is 0.462 e. The number of amides is 3. The number of aryl methyl sites for hydroxylation is 1. The van der Waals surface area contributed by atoms with Crippen LogP contribution in [0.4, 0.5) is 11.5 Å². The van der Waals surface area contributed by atoms with Gasteiger partial charge in [0, 0.05) is 11.8 Å². The number of hydrogen-bond donors (Lipinski definition) is 1. The van der Waals surface area contributed by atoms with Gasteiger partial charge in [-0.05, 0) is 55.8 Å². The van der Waals surface area contributed by atoms with Crippen molar-refractivity contribution < 1.29 is 38.0 Å². The number of fused-ring (bicyclic) bond motifs is 1. The molecule has 2 aromatic carbocycles. The highest BCUT2D eigenvalue weighted by molar-refractivity contribution is 6.34. The molecular weight excluding hydrogens is 482 g/mol. The molecule has 3 aromatic rings. The number of anilines is 2. The number of esters is 2. The van der Waals surface area contributed by atoms with Crippen LogP contribution in [0.2, 0.25) is 0 Å². The Morgan fingerprint density at radius 3 is 2.27 bits per heavy atom. The second-order valence-electron chi connectivity index (χ2n) is 8.19. The van der Waals surface area contributed by atoms with E-state index >= 15 is 0 Å². The number of rotatable bonds is 9. The standard InChI is InChI=1S/C26H23N3O8/c1-3-4-11-35-25(33)16-5-8-18(9-6-16)27-22(30)14-36-26(34)17-7-10-19-20(13-17)24(32)29(23(19)31)21-12-15(2)37-28-21/h5-10,12-13H,3-4,11,14H2,1-2H3,(H,27,30). The van der Waals surface area contributed by atoms with Gasteiger partial charge < -0.3 is 19.3 Å². The molecule has 1 aliphatic heterocycles. The second-order valence-corrected chi connectivity index (χ2v) is 8.19. The average molecular weight is 505 g/mol. The third kappa shape index (κ3) is 5.56. The molecule has 190 valence electrons. The smallest absolute Gasteiger partial charge is 0.338 e. The molecule has 0 radical (unpaired) electrons. The second kappa shape index (κ2) is 10.9. The highest BCUT2D eigenvalue weighted by Gasteiger charge is 2.39. The highest BCUT2D eigenvalue weighted by Crippen LogP contribution is 2.29. The molecule has 0 saturated carbocycles. The van der Waals surface area contributed by atoms with Gasteiger partial charge >= 0.3 is 11.9 Å². The predicted octanol–water partition coefficient (Wildman–Crippen LogP) is 3.54. The Labute approximate surface area is 211 Å². The van der Waals surface area contributed by atoms with Crippen LogP contribution in [0.3, 0.4) is 0 Å². The quantitative estimate of drug-likeness (QED) is 0.262. The molecule has 0 bridgehead atoms. The van der Waals surface area contributed by atoms with E-state index in [-0.39, 0.29) is 22.5 Å². The number of ether oxygens (including phenoxy) is 2. The third-order valence-corrected chi connectivity index (χ3v) is 5.44. The molecule has 0 spiro atoms. The van der Waals surface area contributed by atoms with Gasteiger partial charge in [-0.25, -0.2) is 14.5 Å². The predicted molar refractivity (Wildman–Crippen MR) is 129 cm³/mol. The van der Waals surface area contributed by atoms with E-state index < -0.39 is 36.3 Å². The maximum atomic E-state index is 12.8. The van der Waals surface area contributed by atoms with Gasteiger partial charge in [0.2, 0.25) is 0 Å². The lowest BCUT2D eigenvalue weighted by Gasteiger charge is -2.08. The lowest BCUT2D eigenvalue weighted by atomic mass is 10.1. The molecule has 4 rings (SSSR count). The van der Waals surface area contributed by atoms with Crippen LogP contribution in [0, 0.1) is 6.92 Å². The number of nitrogens with zero attached hydrogens (tertiary/aromatic N) is 2. The number of carbonyl (C=O) groups excluding carboxylic acids is 5. The van der Waals surface area contributed by atoms with Crippen LogP contribution >= 0.6 is 0 Å². The molecule has 0 aliphatic carbocycles. The minimum Gasteiger partial charge on any atom is -0.462 e. The van der Waals surface area contributed by atoms with Gasteiger partial charge in [-0.2, -0.15) is 0 Å². The van der Waals surface area contributed by atoms with Crippen LogP contribution in [-0.2, 0) is 14.3 Å². The summed E-state index contributed by atoms with van der Waals surface area (Å²) in [6.07, 6.45) is 1.69. The van der Waals surface area contributed by atoms with Gasteiger partial charge in [0.05, 0.1) is 28.9 Å². The lowest BCUT2D eigenvalue weighted by molar-refractivity contribution is -0.119. The number of hydrogen-bond acceptors (Lipinski definition) is 9. The zero-order valence-corrected chi connectivity index (χ0v) is 20.1. The van der Waals surface area contributed by atoms with Crippen molar-refractivity contribution in [1.82, 2.24) is 5.16 Å². The Hall–Kier alpha value is -4.80. The van der Waals surface area contributed by atoms with Crippen LogP contribution in [0.25, 0.3) is 0 Å². The van der Waals surface area contributed by atoms with E-state index in [0.29, 0.717) is 23.6 Å². The van der Waals surface area contributed by atoms with Crippen molar-refractivity contribution in [3.63, 3.8) is 0 Å². The van der Waals surface area contributed by atoms with E-state index in [1.54, 1.807) is 6.92 Å². The third-order valence-electron chi connectivity index (χ3n) is 5.44. The van der Waals surface area contributed by atoms with Crippen molar-refractivity contribution in [2.75, 3.05) is 23.4 Å². The normalized spacial score (nSPS) is 12.3. The first kappa shape index (κ1) is 25.3. The summed E-state index contributed by atoms with van der Waals surface area (Å²) in [5.74, 6) is -2.67. The topological polar surface area (TPSA) is 145 Å². The molecule has 1 aliphatic rings. The summed E-state index contributed by atoms with van der Waals surface area (Å²) >= 11 is 0. The summed E-state index contributed by atoms with van der Waals surface area (Å²) in [5, 5.41) is 6.26. The van der Waals surface area contributed by atoms with Crippen molar-refractivity contribution >= 4 is 41.2 Å². The summed E-state index contributed by atoms with van der Waals surface area (Å²) in [4.78, 5) is 62.9. The number of benzene rings is 2. The highest BCUT2D eigenvalue weighted by atomic mass is 16.5. The van der Waals surface area contributed by atoms with Crippen LogP contribution < -0.4 is 10.2 Å². The van der Waals surface area contributed by atoms with Crippen LogP contribution in [0.1, 0.15) is 67.0 Å². The van der Waals surface area contributed by atoms with E-state index in [9.17, 15) is 24.0 Å². The van der Waals surface area contributed by atoms with Crippen LogP contribution in [0.15, 0.2) is 53.1 Å². The minimum atomic E-state index is -0.848. The Kier molecular flexibility index (Phi) is 7.42. The zero-order valence-electron chi connectivity index (χ0n) is 20.1. The average Bonchev–Trinajstić information content (AvgIpc) is 3.42. The molecule has 3 amide bonds. The minimum absolute atomic E-state index is 0.00294. The molecule has 37 heavy (non-hydrogen) atoms. The molecule has 0 saturated heterocycles. The maximum absolute atomic E-state index is 12.8. The van der Waals surface area contributed by atoms with Crippen molar-refractivity contribution in [2.45, 2.75) is 26.7 Å². The van der Waals surface area contributed by atoms with Crippen molar-refractivity contribution in [3.05, 3.63) is 76.5 Å². The van der Waals surface area contributed by atoms with Gasteiger partial charge in [-0.15, -0.1) is 0 Å². The van der Waals surface area contributed by atoms with Gasteiger partial charge in [-0.3, -0.25) is 14.4 Å². The number of aromatic nitrogens is 1. The van der Waals surface area contributed by atoms with Gasteiger partial charge in [-0.1, -0.05) is 18.5 Å².